The maximum atomic E-state index is 12.3. The Hall–Kier alpha value is -2.70. The summed E-state index contributed by atoms with van der Waals surface area (Å²) >= 11 is 0. The van der Waals surface area contributed by atoms with Crippen LogP contribution in [0.4, 0.5) is 0 Å². The van der Waals surface area contributed by atoms with Crippen LogP contribution < -0.4 is 15.2 Å². The van der Waals surface area contributed by atoms with Gasteiger partial charge in [-0.3, -0.25) is 14.5 Å². The summed E-state index contributed by atoms with van der Waals surface area (Å²) in [6, 6.07) is 10.2. The molecule has 2 N–H and O–H groups in total. The average Bonchev–Trinajstić information content (AvgIpc) is 2.70. The second-order valence-electron chi connectivity index (χ2n) is 7.34. The van der Waals surface area contributed by atoms with E-state index in [9.17, 15) is 9.59 Å². The summed E-state index contributed by atoms with van der Waals surface area (Å²) < 4.78 is 10.9. The number of nitrogens with two attached hydrogens (primary N) is 1. The van der Waals surface area contributed by atoms with Gasteiger partial charge in [0.05, 0.1) is 0 Å². The first-order valence-corrected chi connectivity index (χ1v) is 9.63. The zero-order valence-electron chi connectivity index (χ0n) is 15.9. The first-order chi connectivity index (χ1) is 13.6. The van der Waals surface area contributed by atoms with E-state index in [1.165, 1.54) is 11.1 Å². The van der Waals surface area contributed by atoms with E-state index in [1.54, 1.807) is 6.07 Å². The zero-order chi connectivity index (χ0) is 19.7. The minimum Gasteiger partial charge on any atom is -0.425 e. The Bertz CT molecular complexity index is 925. The largest absolute Gasteiger partial charge is 0.425 e. The normalized spacial score (nSPS) is 17.4. The van der Waals surface area contributed by atoms with E-state index < -0.39 is 0 Å². The van der Waals surface area contributed by atoms with Crippen LogP contribution in [0.25, 0.3) is 11.1 Å². The first-order valence-electron chi connectivity index (χ1n) is 9.63. The van der Waals surface area contributed by atoms with Gasteiger partial charge in [-0.1, -0.05) is 24.3 Å². The van der Waals surface area contributed by atoms with Crippen LogP contribution in [0.3, 0.4) is 0 Å². The molecular formula is C22H24N2O4. The lowest BCUT2D eigenvalue weighted by atomic mass is 9.77. The number of fused-ring (bicyclic) bond motifs is 2. The Morgan fingerprint density at radius 3 is 2.93 bits per heavy atom. The van der Waals surface area contributed by atoms with Gasteiger partial charge in [-0.2, -0.15) is 0 Å². The Balaban J connectivity index is 1.86. The molecule has 0 radical (unpaired) electrons. The Kier molecular flexibility index (Phi) is 5.15. The maximum absolute atomic E-state index is 12.3. The maximum Gasteiger partial charge on any atom is 0.311 e. The monoisotopic (exact) mass is 380 g/mol. The van der Waals surface area contributed by atoms with Crippen LogP contribution in [-0.4, -0.2) is 37.5 Å². The number of esters is 1. The summed E-state index contributed by atoms with van der Waals surface area (Å²) in [4.78, 5) is 25.7. The third-order valence-electron chi connectivity index (χ3n) is 5.66. The van der Waals surface area contributed by atoms with Crippen LogP contribution in [-0.2, 0) is 22.4 Å². The molecular weight excluding hydrogens is 356 g/mol. The minimum absolute atomic E-state index is 0.221. The first kappa shape index (κ1) is 18.7. The van der Waals surface area contributed by atoms with Crippen molar-refractivity contribution in [3.8, 4) is 22.6 Å². The molecule has 1 aliphatic carbocycles. The van der Waals surface area contributed by atoms with Crippen LogP contribution in [0.15, 0.2) is 30.3 Å². The van der Waals surface area contributed by atoms with Gasteiger partial charge in [-0.05, 0) is 61.2 Å². The van der Waals surface area contributed by atoms with E-state index in [4.69, 9.17) is 15.2 Å². The number of hydrogen-bond donors (Lipinski definition) is 1. The molecule has 4 rings (SSSR count). The third kappa shape index (κ3) is 3.19. The molecule has 6 nitrogen and oxygen atoms in total. The highest BCUT2D eigenvalue weighted by molar-refractivity contribution is 5.86. The molecule has 6 heteroatoms. The van der Waals surface area contributed by atoms with Crippen molar-refractivity contribution >= 4 is 12.4 Å². The molecule has 1 heterocycles. The van der Waals surface area contributed by atoms with Gasteiger partial charge < -0.3 is 15.2 Å². The van der Waals surface area contributed by atoms with Crippen molar-refractivity contribution < 1.29 is 19.1 Å². The smallest absolute Gasteiger partial charge is 0.311 e. The molecule has 0 spiro atoms. The quantitative estimate of drug-likeness (QED) is 0.471. The molecule has 2 aliphatic rings. The number of benzene rings is 2. The number of carbonyl (C=O) groups excluding carboxylic acids is 2. The molecule has 1 atom stereocenters. The lowest BCUT2D eigenvalue weighted by molar-refractivity contribution is -0.134. The lowest BCUT2D eigenvalue weighted by Crippen LogP contribution is -2.35. The van der Waals surface area contributed by atoms with E-state index in [-0.39, 0.29) is 18.1 Å². The summed E-state index contributed by atoms with van der Waals surface area (Å²) in [6.45, 7) is 1.79. The Labute approximate surface area is 164 Å². The van der Waals surface area contributed by atoms with Crippen molar-refractivity contribution in [3.63, 3.8) is 0 Å². The molecule has 0 bridgehead atoms. The molecule has 0 fully saturated rings. The van der Waals surface area contributed by atoms with Gasteiger partial charge in [-0.15, -0.1) is 0 Å². The number of rotatable bonds is 6. The third-order valence-corrected chi connectivity index (χ3v) is 5.66. The SMILES string of the molecule is CN1CCc2cccc3c2C1Cc1ccc(OC=O)c(OC(=O)CCCN)c1-3. The van der Waals surface area contributed by atoms with Gasteiger partial charge in [0, 0.05) is 24.6 Å². The minimum atomic E-state index is -0.376. The van der Waals surface area contributed by atoms with E-state index >= 15 is 0 Å². The topological polar surface area (TPSA) is 81.9 Å². The molecule has 146 valence electrons. The van der Waals surface area contributed by atoms with Crippen molar-refractivity contribution in [1.82, 2.24) is 4.90 Å². The van der Waals surface area contributed by atoms with Crippen LogP contribution in [0.2, 0.25) is 0 Å². The van der Waals surface area contributed by atoms with Crippen LogP contribution in [0.5, 0.6) is 11.5 Å². The number of hydrogen-bond acceptors (Lipinski definition) is 6. The highest BCUT2D eigenvalue weighted by Gasteiger charge is 2.35. The molecule has 1 aliphatic heterocycles. The average molecular weight is 380 g/mol. The standard InChI is InChI=1S/C22H24N2O4/c1-24-11-9-14-4-2-5-16-20(14)17(24)12-15-7-8-18(27-13-25)22(21(15)16)28-19(26)6-3-10-23/h2,4-5,7-8,13,17H,3,6,9-12,23H2,1H3. The number of ether oxygens (including phenoxy) is 2. The molecule has 28 heavy (non-hydrogen) atoms. The molecule has 0 aromatic heterocycles. The van der Waals surface area contributed by atoms with Crippen molar-refractivity contribution in [2.45, 2.75) is 31.7 Å². The second kappa shape index (κ2) is 7.73. The van der Waals surface area contributed by atoms with Crippen molar-refractivity contribution in [2.75, 3.05) is 20.1 Å². The summed E-state index contributed by atoms with van der Waals surface area (Å²) in [5, 5.41) is 0. The Morgan fingerprint density at radius 2 is 2.14 bits per heavy atom. The number of likely N-dealkylation sites (N-methyl/N-ethyl adjacent to an activating group) is 1. The van der Waals surface area contributed by atoms with Gasteiger partial charge in [0.2, 0.25) is 0 Å². The number of nitrogens with zero attached hydrogens (tertiary/aromatic N) is 1. The Morgan fingerprint density at radius 1 is 1.29 bits per heavy atom. The molecule has 2 aromatic rings. The van der Waals surface area contributed by atoms with E-state index in [1.807, 2.05) is 12.1 Å². The second-order valence-corrected chi connectivity index (χ2v) is 7.34. The highest BCUT2D eigenvalue weighted by atomic mass is 16.6. The van der Waals surface area contributed by atoms with Crippen LogP contribution in [0.1, 0.15) is 35.6 Å². The fourth-order valence-corrected chi connectivity index (χ4v) is 4.31. The van der Waals surface area contributed by atoms with E-state index in [0.717, 1.165) is 36.1 Å². The van der Waals surface area contributed by atoms with E-state index in [0.29, 0.717) is 31.2 Å². The molecule has 0 amide bonds. The van der Waals surface area contributed by atoms with E-state index in [2.05, 4.69) is 24.1 Å². The molecule has 1 unspecified atom stereocenters. The van der Waals surface area contributed by atoms with Crippen molar-refractivity contribution in [2.24, 2.45) is 5.73 Å². The predicted octanol–water partition coefficient (Wildman–Crippen LogP) is 2.62. The fourth-order valence-electron chi connectivity index (χ4n) is 4.31. The van der Waals surface area contributed by atoms with Crippen LogP contribution in [0, 0.1) is 0 Å². The van der Waals surface area contributed by atoms with Crippen molar-refractivity contribution in [1.29, 1.82) is 0 Å². The fraction of sp³-hybridized carbons (Fsp3) is 0.364. The van der Waals surface area contributed by atoms with Crippen molar-refractivity contribution in [3.05, 3.63) is 47.0 Å². The molecule has 0 saturated carbocycles. The van der Waals surface area contributed by atoms with Gasteiger partial charge in [-0.25, -0.2) is 0 Å². The summed E-state index contributed by atoms with van der Waals surface area (Å²) in [7, 11) is 2.15. The number of carbonyl (C=O) groups is 2. The van der Waals surface area contributed by atoms with Gasteiger partial charge in [0.15, 0.2) is 11.5 Å². The zero-order valence-corrected chi connectivity index (χ0v) is 15.9. The summed E-state index contributed by atoms with van der Waals surface area (Å²) in [6.07, 6.45) is 2.58. The summed E-state index contributed by atoms with van der Waals surface area (Å²) in [5.74, 6) is 0.209. The highest BCUT2D eigenvalue weighted by Crippen LogP contribution is 2.50. The van der Waals surface area contributed by atoms with Crippen LogP contribution >= 0.6 is 0 Å². The predicted molar refractivity (Wildman–Crippen MR) is 105 cm³/mol. The van der Waals surface area contributed by atoms with Gasteiger partial charge in [0.25, 0.3) is 6.47 Å². The lowest BCUT2D eigenvalue weighted by Gasteiger charge is -2.40. The van der Waals surface area contributed by atoms with Gasteiger partial charge in [0.1, 0.15) is 0 Å². The molecule has 0 saturated heterocycles. The summed E-state index contributed by atoms with van der Waals surface area (Å²) in [5.41, 5.74) is 11.1. The van der Waals surface area contributed by atoms with Gasteiger partial charge >= 0.3 is 5.97 Å². The molecule has 2 aromatic carbocycles.